The largest absolute Gasteiger partial charge is 0.497 e. The number of guanidine groups is 1. The zero-order chi connectivity index (χ0) is 18.0. The monoisotopic (exact) mass is 462 g/mol. The average Bonchev–Trinajstić information content (AvgIpc) is 2.51. The van der Waals surface area contributed by atoms with Gasteiger partial charge in [0, 0.05) is 18.6 Å². The topological polar surface area (TPSA) is 74.8 Å². The average molecular weight is 462 g/mol. The molecular formula is C18H31IN4O2. The Hall–Kier alpha value is -1.51. The molecule has 1 rings (SSSR count). The van der Waals surface area contributed by atoms with Crippen LogP contribution in [0.4, 0.5) is 0 Å². The Kier molecular flexibility index (Phi) is 11.2. The highest BCUT2D eigenvalue weighted by atomic mass is 127. The van der Waals surface area contributed by atoms with Crippen LogP contribution in [0.1, 0.15) is 33.3 Å². The Morgan fingerprint density at radius 2 is 1.80 bits per heavy atom. The van der Waals surface area contributed by atoms with Gasteiger partial charge in [0.2, 0.25) is 5.91 Å². The minimum absolute atomic E-state index is 0. The molecule has 1 aromatic rings. The number of amides is 1. The smallest absolute Gasteiger partial charge is 0.242 e. The summed E-state index contributed by atoms with van der Waals surface area (Å²) >= 11 is 0. The highest BCUT2D eigenvalue weighted by molar-refractivity contribution is 14.0. The molecule has 0 saturated heterocycles. The second-order valence-electron chi connectivity index (χ2n) is 6.52. The predicted molar refractivity (Wildman–Crippen MR) is 114 cm³/mol. The lowest BCUT2D eigenvalue weighted by Gasteiger charge is -2.20. The fourth-order valence-electron chi connectivity index (χ4n) is 2.07. The molecule has 0 radical (unpaired) electrons. The minimum Gasteiger partial charge on any atom is -0.497 e. The third kappa shape index (κ3) is 10.9. The molecule has 0 atom stereocenters. The van der Waals surface area contributed by atoms with E-state index in [1.54, 1.807) is 7.11 Å². The van der Waals surface area contributed by atoms with Crippen LogP contribution in [-0.4, -0.2) is 44.1 Å². The van der Waals surface area contributed by atoms with E-state index >= 15 is 0 Å². The standard InChI is InChI=1S/C18H30N4O2.HI/c1-6-19-17(21-13-16(23)22-18(2,3)4)20-12-11-14-7-9-15(24-5)10-8-14;/h7-10H,6,11-13H2,1-5H3,(H,22,23)(H2,19,20,21);1H. The van der Waals surface area contributed by atoms with E-state index in [1.165, 1.54) is 5.56 Å². The molecule has 7 heteroatoms. The van der Waals surface area contributed by atoms with Crippen LogP contribution in [0.15, 0.2) is 29.3 Å². The molecule has 0 bridgehead atoms. The summed E-state index contributed by atoms with van der Waals surface area (Å²) in [7, 11) is 1.66. The lowest BCUT2D eigenvalue weighted by molar-refractivity contribution is -0.121. The molecule has 0 unspecified atom stereocenters. The fraction of sp³-hybridized carbons (Fsp3) is 0.556. The Morgan fingerprint density at radius 1 is 1.16 bits per heavy atom. The van der Waals surface area contributed by atoms with Crippen LogP contribution < -0.4 is 20.7 Å². The molecule has 0 aromatic heterocycles. The number of aliphatic imine (C=N–C) groups is 1. The zero-order valence-corrected chi connectivity index (χ0v) is 18.1. The number of ether oxygens (including phenoxy) is 1. The number of hydrogen-bond acceptors (Lipinski definition) is 3. The van der Waals surface area contributed by atoms with E-state index < -0.39 is 0 Å². The van der Waals surface area contributed by atoms with Gasteiger partial charge in [0.1, 0.15) is 12.3 Å². The van der Waals surface area contributed by atoms with Gasteiger partial charge in [-0.1, -0.05) is 12.1 Å². The Balaban J connectivity index is 0.00000576. The molecule has 25 heavy (non-hydrogen) atoms. The fourth-order valence-corrected chi connectivity index (χ4v) is 2.07. The van der Waals surface area contributed by atoms with E-state index in [-0.39, 0.29) is 42.0 Å². The van der Waals surface area contributed by atoms with Gasteiger partial charge in [-0.3, -0.25) is 4.79 Å². The van der Waals surface area contributed by atoms with E-state index in [2.05, 4.69) is 20.9 Å². The number of carbonyl (C=O) groups is 1. The maximum atomic E-state index is 11.8. The lowest BCUT2D eigenvalue weighted by Crippen LogP contribution is -2.43. The highest BCUT2D eigenvalue weighted by Crippen LogP contribution is 2.11. The number of benzene rings is 1. The SMILES string of the molecule is CCNC(=NCC(=O)NC(C)(C)C)NCCc1ccc(OC)cc1.I. The van der Waals surface area contributed by atoms with Crippen molar-refractivity contribution in [3.63, 3.8) is 0 Å². The van der Waals surface area contributed by atoms with E-state index in [0.717, 1.165) is 25.3 Å². The van der Waals surface area contributed by atoms with Crippen LogP contribution in [0.2, 0.25) is 0 Å². The number of methoxy groups -OCH3 is 1. The van der Waals surface area contributed by atoms with Gasteiger partial charge in [-0.25, -0.2) is 4.99 Å². The lowest BCUT2D eigenvalue weighted by atomic mass is 10.1. The Labute approximate surface area is 168 Å². The molecule has 0 aliphatic heterocycles. The van der Waals surface area contributed by atoms with Gasteiger partial charge in [-0.05, 0) is 51.8 Å². The first-order valence-electron chi connectivity index (χ1n) is 8.30. The number of nitrogens with one attached hydrogen (secondary N) is 3. The van der Waals surface area contributed by atoms with Crippen molar-refractivity contribution >= 4 is 35.8 Å². The highest BCUT2D eigenvalue weighted by Gasteiger charge is 2.13. The second-order valence-corrected chi connectivity index (χ2v) is 6.52. The van der Waals surface area contributed by atoms with Gasteiger partial charge in [0.15, 0.2) is 5.96 Å². The van der Waals surface area contributed by atoms with Crippen LogP contribution in [0.3, 0.4) is 0 Å². The van der Waals surface area contributed by atoms with Crippen molar-refractivity contribution in [1.29, 1.82) is 0 Å². The summed E-state index contributed by atoms with van der Waals surface area (Å²) in [6.45, 7) is 9.44. The number of halogens is 1. The van der Waals surface area contributed by atoms with Gasteiger partial charge < -0.3 is 20.7 Å². The molecule has 0 aliphatic rings. The molecule has 1 amide bonds. The van der Waals surface area contributed by atoms with Gasteiger partial charge in [-0.2, -0.15) is 0 Å². The summed E-state index contributed by atoms with van der Waals surface area (Å²) < 4.78 is 5.15. The van der Waals surface area contributed by atoms with Crippen molar-refractivity contribution in [2.24, 2.45) is 4.99 Å². The number of rotatable bonds is 7. The van der Waals surface area contributed by atoms with Crippen molar-refractivity contribution in [2.75, 3.05) is 26.7 Å². The van der Waals surface area contributed by atoms with Crippen molar-refractivity contribution in [3.05, 3.63) is 29.8 Å². The number of hydrogen-bond donors (Lipinski definition) is 3. The summed E-state index contributed by atoms with van der Waals surface area (Å²) in [5.41, 5.74) is 0.969. The van der Waals surface area contributed by atoms with Gasteiger partial charge in [-0.15, -0.1) is 24.0 Å². The summed E-state index contributed by atoms with van der Waals surface area (Å²) in [5, 5.41) is 9.28. The first-order chi connectivity index (χ1) is 11.3. The van der Waals surface area contributed by atoms with Crippen LogP contribution >= 0.6 is 24.0 Å². The van der Waals surface area contributed by atoms with Crippen LogP contribution in [0, 0.1) is 0 Å². The van der Waals surface area contributed by atoms with Crippen LogP contribution in [0.25, 0.3) is 0 Å². The molecule has 142 valence electrons. The molecule has 6 nitrogen and oxygen atoms in total. The van der Waals surface area contributed by atoms with Crippen molar-refractivity contribution < 1.29 is 9.53 Å². The summed E-state index contributed by atoms with van der Waals surface area (Å²) in [4.78, 5) is 16.2. The third-order valence-corrected chi connectivity index (χ3v) is 3.10. The molecule has 3 N–H and O–H groups in total. The molecule has 0 aliphatic carbocycles. The molecule has 0 heterocycles. The maximum Gasteiger partial charge on any atom is 0.242 e. The molecule has 0 saturated carbocycles. The van der Waals surface area contributed by atoms with Crippen molar-refractivity contribution in [1.82, 2.24) is 16.0 Å². The van der Waals surface area contributed by atoms with E-state index in [9.17, 15) is 4.79 Å². The molecule has 0 fully saturated rings. The van der Waals surface area contributed by atoms with Crippen LogP contribution in [-0.2, 0) is 11.2 Å². The van der Waals surface area contributed by atoms with E-state index in [0.29, 0.717) is 5.96 Å². The van der Waals surface area contributed by atoms with Crippen molar-refractivity contribution in [2.45, 2.75) is 39.7 Å². The van der Waals surface area contributed by atoms with Crippen molar-refractivity contribution in [3.8, 4) is 5.75 Å². The zero-order valence-electron chi connectivity index (χ0n) is 15.8. The second kappa shape index (κ2) is 11.9. The van der Waals surface area contributed by atoms with Gasteiger partial charge in [0.25, 0.3) is 0 Å². The molecule has 1 aromatic carbocycles. The Bertz CT molecular complexity index is 539. The first-order valence-corrected chi connectivity index (χ1v) is 8.30. The summed E-state index contributed by atoms with van der Waals surface area (Å²) in [5.74, 6) is 1.41. The minimum atomic E-state index is -0.243. The maximum absolute atomic E-state index is 11.8. The third-order valence-electron chi connectivity index (χ3n) is 3.10. The molecular weight excluding hydrogens is 431 g/mol. The van der Waals surface area contributed by atoms with Crippen LogP contribution in [0.5, 0.6) is 5.75 Å². The van der Waals surface area contributed by atoms with Gasteiger partial charge >= 0.3 is 0 Å². The van der Waals surface area contributed by atoms with Gasteiger partial charge in [0.05, 0.1) is 7.11 Å². The van der Waals surface area contributed by atoms with E-state index in [1.807, 2.05) is 52.0 Å². The Morgan fingerprint density at radius 3 is 2.32 bits per heavy atom. The number of carbonyl (C=O) groups excluding carboxylic acids is 1. The van der Waals surface area contributed by atoms with E-state index in [4.69, 9.17) is 4.74 Å². The summed E-state index contributed by atoms with van der Waals surface area (Å²) in [6.07, 6.45) is 0.864. The summed E-state index contributed by atoms with van der Waals surface area (Å²) in [6, 6.07) is 7.99. The molecule has 0 spiro atoms. The number of nitrogens with zero attached hydrogens (tertiary/aromatic N) is 1. The quantitative estimate of drug-likeness (QED) is 0.331. The first kappa shape index (κ1) is 23.5. The normalized spacial score (nSPS) is 11.3. The predicted octanol–water partition coefficient (Wildman–Crippen LogP) is 2.33.